The Morgan fingerprint density at radius 2 is 2.03 bits per heavy atom. The Morgan fingerprint density at radius 3 is 2.61 bits per heavy atom. The quantitative estimate of drug-likeness (QED) is 0.303. The van der Waals surface area contributed by atoms with Gasteiger partial charge in [-0.3, -0.25) is 19.1 Å². The number of aromatic amines is 1. The number of carbonyl (C=O) groups is 1. The van der Waals surface area contributed by atoms with Crippen molar-refractivity contribution in [2.45, 2.75) is 69.9 Å². The van der Waals surface area contributed by atoms with E-state index in [1.165, 1.54) is 6.20 Å². The molecular weight excluding hydrogens is 499 g/mol. The molecule has 13 heteroatoms. The highest BCUT2D eigenvalue weighted by molar-refractivity contribution is 6.74. The second-order valence-electron chi connectivity index (χ2n) is 9.79. The fourth-order valence-corrected chi connectivity index (χ4v) is 4.06. The smallest absolute Gasteiger partial charge is 0.414 e. The molecule has 2 rings (SSSR count). The highest BCUT2D eigenvalue weighted by Gasteiger charge is 2.42. The highest BCUT2D eigenvalue weighted by Crippen LogP contribution is 2.38. The van der Waals surface area contributed by atoms with Gasteiger partial charge in [-0.2, -0.15) is 13.2 Å². The molecular formula is C23H32F3N3O6Si. The summed E-state index contributed by atoms with van der Waals surface area (Å²) >= 11 is 0. The van der Waals surface area contributed by atoms with Crippen molar-refractivity contribution in [3.8, 4) is 11.8 Å². The van der Waals surface area contributed by atoms with Crippen LogP contribution in [0, 0.1) is 11.8 Å². The molecule has 36 heavy (non-hydrogen) atoms. The van der Waals surface area contributed by atoms with E-state index in [0.717, 1.165) is 4.57 Å². The van der Waals surface area contributed by atoms with Crippen molar-refractivity contribution in [2.75, 3.05) is 19.8 Å². The molecule has 200 valence electrons. The minimum absolute atomic E-state index is 0.0224. The molecule has 0 aliphatic carbocycles. The van der Waals surface area contributed by atoms with Crippen LogP contribution in [0.15, 0.2) is 28.4 Å². The lowest BCUT2D eigenvalue weighted by molar-refractivity contribution is -0.173. The van der Waals surface area contributed by atoms with E-state index < -0.39 is 56.6 Å². The molecule has 3 atom stereocenters. The lowest BCUT2D eigenvalue weighted by Gasteiger charge is -2.37. The van der Waals surface area contributed by atoms with Crippen LogP contribution in [-0.4, -0.2) is 61.9 Å². The molecule has 1 aromatic heterocycles. The summed E-state index contributed by atoms with van der Waals surface area (Å²) < 4.78 is 56.1. The van der Waals surface area contributed by atoms with Crippen molar-refractivity contribution in [3.63, 3.8) is 0 Å². The first-order valence-electron chi connectivity index (χ1n) is 11.3. The molecule has 9 nitrogen and oxygen atoms in total. The van der Waals surface area contributed by atoms with Crippen LogP contribution in [0.1, 0.15) is 39.0 Å². The van der Waals surface area contributed by atoms with E-state index in [9.17, 15) is 27.6 Å². The standard InChI is InChI=1S/C23H32F3N3O6Si/c1-7-11-33-16-12-18(35-17(16)14-34-36(5,6)22(2,3)4)29-13-15(19(30)28-21(29)32)9-8-10-27-20(31)23(24,25)26/h7,13,16-18H,1,10-12,14H2,2-6H3,(H,27,31)(H,28,30,32)/t16-,17+,18+/m0/s1. The molecule has 1 aliphatic rings. The average Bonchev–Trinajstić information content (AvgIpc) is 3.16. The Kier molecular flexibility index (Phi) is 9.52. The fraction of sp³-hybridized carbons (Fsp3) is 0.609. The van der Waals surface area contributed by atoms with E-state index >= 15 is 0 Å². The van der Waals surface area contributed by atoms with Gasteiger partial charge in [0.15, 0.2) is 8.32 Å². The molecule has 1 amide bonds. The Morgan fingerprint density at radius 1 is 1.36 bits per heavy atom. The topological polar surface area (TPSA) is 112 Å². The fourth-order valence-electron chi connectivity index (χ4n) is 3.05. The van der Waals surface area contributed by atoms with Crippen molar-refractivity contribution >= 4 is 14.2 Å². The number of nitrogens with zero attached hydrogens (tertiary/aromatic N) is 1. The first-order valence-corrected chi connectivity index (χ1v) is 14.2. The maximum Gasteiger partial charge on any atom is 0.471 e. The maximum absolute atomic E-state index is 12.5. The van der Waals surface area contributed by atoms with Crippen LogP contribution in [0.3, 0.4) is 0 Å². The molecule has 0 bridgehead atoms. The molecule has 2 heterocycles. The van der Waals surface area contributed by atoms with Crippen LogP contribution < -0.4 is 16.6 Å². The number of nitrogens with one attached hydrogen (secondary N) is 2. The largest absolute Gasteiger partial charge is 0.471 e. The molecule has 2 N–H and O–H groups in total. The minimum Gasteiger partial charge on any atom is -0.414 e. The van der Waals surface area contributed by atoms with Crippen molar-refractivity contribution in [1.82, 2.24) is 14.9 Å². The van der Waals surface area contributed by atoms with E-state index in [0.29, 0.717) is 0 Å². The number of hydrogen-bond donors (Lipinski definition) is 2. The Balaban J connectivity index is 2.22. The minimum atomic E-state index is -5.04. The second-order valence-corrected chi connectivity index (χ2v) is 14.6. The number of alkyl halides is 3. The average molecular weight is 532 g/mol. The summed E-state index contributed by atoms with van der Waals surface area (Å²) in [6, 6.07) is 0. The van der Waals surface area contributed by atoms with E-state index in [-0.39, 0.29) is 30.2 Å². The Bertz CT molecular complexity index is 1130. The van der Waals surface area contributed by atoms with Gasteiger partial charge in [-0.15, -0.1) is 6.58 Å². The number of carbonyl (C=O) groups excluding carboxylic acids is 1. The van der Waals surface area contributed by atoms with Crippen LogP contribution in [-0.2, 0) is 18.7 Å². The number of amides is 1. The number of rotatable bonds is 8. The van der Waals surface area contributed by atoms with Crippen molar-refractivity contribution < 1.29 is 31.9 Å². The van der Waals surface area contributed by atoms with Gasteiger partial charge < -0.3 is 19.2 Å². The predicted octanol–water partition coefficient (Wildman–Crippen LogP) is 2.45. The van der Waals surface area contributed by atoms with Crippen molar-refractivity contribution in [2.24, 2.45) is 0 Å². The van der Waals surface area contributed by atoms with Crippen molar-refractivity contribution in [1.29, 1.82) is 0 Å². The molecule has 1 aromatic rings. The SMILES string of the molecule is C=CCO[C@H]1C[C@H](n2cc(C#CCNC(=O)C(F)(F)F)c(=O)[nH]c2=O)O[C@@H]1CO[Si](C)(C)C(C)(C)C. The van der Waals surface area contributed by atoms with E-state index in [1.54, 1.807) is 11.4 Å². The van der Waals surface area contributed by atoms with Gasteiger partial charge >= 0.3 is 17.8 Å². The van der Waals surface area contributed by atoms with Crippen LogP contribution in [0.2, 0.25) is 18.1 Å². The first-order chi connectivity index (χ1) is 16.6. The van der Waals surface area contributed by atoms with Gasteiger partial charge in [0.25, 0.3) is 5.56 Å². The molecule has 0 unspecified atom stereocenters. The molecule has 1 saturated heterocycles. The number of H-pyrrole nitrogens is 1. The number of ether oxygens (including phenoxy) is 2. The van der Waals surface area contributed by atoms with E-state index in [2.05, 4.69) is 57.3 Å². The van der Waals surface area contributed by atoms with Gasteiger partial charge in [-0.1, -0.05) is 38.7 Å². The Labute approximate surface area is 208 Å². The number of hydrogen-bond acceptors (Lipinski definition) is 6. The lowest BCUT2D eigenvalue weighted by atomic mass is 10.2. The summed E-state index contributed by atoms with van der Waals surface area (Å²) in [6.45, 7) is 14.1. The third kappa shape index (κ3) is 7.67. The zero-order valence-corrected chi connectivity index (χ0v) is 22.0. The summed E-state index contributed by atoms with van der Waals surface area (Å²) in [7, 11) is -2.09. The van der Waals surface area contributed by atoms with Gasteiger partial charge in [-0.25, -0.2) is 4.79 Å². The molecule has 0 radical (unpaired) electrons. The first kappa shape index (κ1) is 29.6. The predicted molar refractivity (Wildman–Crippen MR) is 129 cm³/mol. The summed E-state index contributed by atoms with van der Waals surface area (Å²) in [6.07, 6.45) is -3.70. The van der Waals surface area contributed by atoms with Crippen LogP contribution in [0.4, 0.5) is 13.2 Å². The van der Waals surface area contributed by atoms with Gasteiger partial charge in [0.2, 0.25) is 0 Å². The van der Waals surface area contributed by atoms with Gasteiger partial charge in [0.1, 0.15) is 17.9 Å². The molecule has 1 aliphatic heterocycles. The number of halogens is 3. The third-order valence-electron chi connectivity index (χ3n) is 6.12. The van der Waals surface area contributed by atoms with Crippen LogP contribution in [0.5, 0.6) is 0 Å². The zero-order valence-electron chi connectivity index (χ0n) is 21.0. The maximum atomic E-state index is 12.5. The van der Waals surface area contributed by atoms with Crippen molar-refractivity contribution in [3.05, 3.63) is 45.3 Å². The molecule has 0 saturated carbocycles. The van der Waals surface area contributed by atoms with Crippen LogP contribution in [0.25, 0.3) is 0 Å². The normalized spacial score (nSPS) is 20.5. The molecule has 0 aromatic carbocycles. The van der Waals surface area contributed by atoms with Crippen LogP contribution >= 0.6 is 0 Å². The highest BCUT2D eigenvalue weighted by atomic mass is 28.4. The van der Waals surface area contributed by atoms with E-state index in [1.807, 2.05) is 0 Å². The summed E-state index contributed by atoms with van der Waals surface area (Å²) in [5.74, 6) is 2.50. The Hall–Kier alpha value is -2.66. The van der Waals surface area contributed by atoms with Gasteiger partial charge in [0, 0.05) is 12.6 Å². The van der Waals surface area contributed by atoms with Gasteiger partial charge in [0.05, 0.1) is 25.9 Å². The van der Waals surface area contributed by atoms with E-state index in [4.69, 9.17) is 13.9 Å². The molecule has 1 fully saturated rings. The third-order valence-corrected chi connectivity index (χ3v) is 10.6. The monoisotopic (exact) mass is 531 g/mol. The zero-order chi connectivity index (χ0) is 27.3. The summed E-state index contributed by atoms with van der Waals surface area (Å²) in [4.78, 5) is 37.6. The van der Waals surface area contributed by atoms with Gasteiger partial charge in [-0.05, 0) is 18.1 Å². The summed E-state index contributed by atoms with van der Waals surface area (Å²) in [5, 5.41) is 1.56. The summed E-state index contributed by atoms with van der Waals surface area (Å²) in [5.41, 5.74) is -1.74. The number of aromatic nitrogens is 2. The second kappa shape index (κ2) is 11.6. The lowest BCUT2D eigenvalue weighted by Crippen LogP contribution is -2.44. The molecule has 0 spiro atoms.